The Morgan fingerprint density at radius 2 is 2.27 bits per heavy atom. The Bertz CT molecular complexity index is 853. The van der Waals surface area contributed by atoms with Gasteiger partial charge in [-0.05, 0) is 38.7 Å². The van der Waals surface area contributed by atoms with Crippen LogP contribution >= 0.6 is 23.1 Å². The summed E-state index contributed by atoms with van der Waals surface area (Å²) in [6.07, 6.45) is 2.83. The molecule has 1 atom stereocenters. The number of aromatic nitrogens is 2. The van der Waals surface area contributed by atoms with Gasteiger partial charge in [0.15, 0.2) is 5.16 Å². The molecule has 3 heterocycles. The maximum Gasteiger partial charge on any atom is 0.263 e. The number of thioether (sulfide) groups is 1. The van der Waals surface area contributed by atoms with Gasteiger partial charge in [-0.15, -0.1) is 11.3 Å². The fraction of sp³-hybridized carbons (Fsp3) is 0.611. The van der Waals surface area contributed by atoms with E-state index < -0.39 is 0 Å². The molecule has 3 rings (SSSR count). The monoisotopic (exact) mass is 395 g/mol. The first-order valence-corrected chi connectivity index (χ1v) is 10.9. The van der Waals surface area contributed by atoms with Crippen LogP contribution in [0, 0.1) is 6.92 Å². The van der Waals surface area contributed by atoms with Crippen LogP contribution in [0.3, 0.4) is 0 Å². The molecule has 1 amide bonds. The van der Waals surface area contributed by atoms with Gasteiger partial charge in [-0.3, -0.25) is 14.2 Å². The average molecular weight is 396 g/mol. The van der Waals surface area contributed by atoms with Crippen LogP contribution in [0.1, 0.15) is 37.1 Å². The normalized spacial score (nSPS) is 17.1. The molecule has 0 unspecified atom stereocenters. The van der Waals surface area contributed by atoms with Crippen molar-refractivity contribution in [2.75, 3.05) is 18.9 Å². The van der Waals surface area contributed by atoms with Gasteiger partial charge in [-0.2, -0.15) is 0 Å². The third-order valence-electron chi connectivity index (χ3n) is 4.55. The van der Waals surface area contributed by atoms with Gasteiger partial charge in [-0.1, -0.05) is 18.7 Å². The van der Waals surface area contributed by atoms with E-state index in [1.807, 2.05) is 13.8 Å². The van der Waals surface area contributed by atoms with Crippen molar-refractivity contribution in [3.8, 4) is 0 Å². The van der Waals surface area contributed by atoms with Crippen molar-refractivity contribution >= 4 is 39.2 Å². The molecular weight excluding hydrogens is 370 g/mol. The zero-order valence-electron chi connectivity index (χ0n) is 15.5. The van der Waals surface area contributed by atoms with Crippen LogP contribution < -0.4 is 10.9 Å². The Balaban J connectivity index is 2.02. The Hall–Kier alpha value is -1.38. The summed E-state index contributed by atoms with van der Waals surface area (Å²) >= 11 is 2.88. The van der Waals surface area contributed by atoms with Crippen molar-refractivity contribution in [2.45, 2.75) is 57.8 Å². The van der Waals surface area contributed by atoms with E-state index in [2.05, 4.69) is 12.2 Å². The lowest BCUT2D eigenvalue weighted by molar-refractivity contribution is -0.118. The van der Waals surface area contributed by atoms with Crippen molar-refractivity contribution in [1.29, 1.82) is 0 Å². The number of aryl methyl sites for hydroxylation is 2. The molecule has 1 N–H and O–H groups in total. The molecule has 0 bridgehead atoms. The van der Waals surface area contributed by atoms with Crippen LogP contribution in [-0.4, -0.2) is 40.5 Å². The van der Waals surface area contributed by atoms with Gasteiger partial charge < -0.3 is 10.1 Å². The summed E-state index contributed by atoms with van der Waals surface area (Å²) in [7, 11) is 0. The molecule has 0 radical (unpaired) electrons. The number of carbonyl (C=O) groups is 1. The number of thiophene rings is 1. The van der Waals surface area contributed by atoms with Gasteiger partial charge >= 0.3 is 0 Å². The summed E-state index contributed by atoms with van der Waals surface area (Å²) in [6.45, 7) is 7.83. The smallest absolute Gasteiger partial charge is 0.263 e. The highest BCUT2D eigenvalue weighted by Crippen LogP contribution is 2.30. The average Bonchev–Trinajstić information content (AvgIpc) is 3.23. The summed E-state index contributed by atoms with van der Waals surface area (Å²) < 4.78 is 7.45. The SMILES string of the molecule is CCNC(=O)CSc1nc2sc(C)c(CC)c2c(=O)n1C[C@H]1CCCO1. The minimum Gasteiger partial charge on any atom is -0.376 e. The lowest BCUT2D eigenvalue weighted by atomic mass is 10.1. The molecule has 1 fully saturated rings. The van der Waals surface area contributed by atoms with Crippen LogP contribution in [-0.2, 0) is 22.5 Å². The number of hydrogen-bond acceptors (Lipinski definition) is 6. The first kappa shape index (κ1) is 19.4. The van der Waals surface area contributed by atoms with Gasteiger partial charge in [0.1, 0.15) is 4.83 Å². The molecule has 6 nitrogen and oxygen atoms in total. The number of rotatable bonds is 7. The van der Waals surface area contributed by atoms with E-state index in [4.69, 9.17) is 9.72 Å². The second-order valence-electron chi connectivity index (χ2n) is 6.36. The molecule has 8 heteroatoms. The Labute approximate surface area is 161 Å². The number of ether oxygens (including phenoxy) is 1. The molecule has 2 aromatic heterocycles. The molecule has 0 saturated carbocycles. The van der Waals surface area contributed by atoms with Crippen molar-refractivity contribution in [3.63, 3.8) is 0 Å². The van der Waals surface area contributed by atoms with E-state index in [1.165, 1.54) is 11.8 Å². The Morgan fingerprint density at radius 3 is 2.92 bits per heavy atom. The lowest BCUT2D eigenvalue weighted by Crippen LogP contribution is -2.30. The maximum absolute atomic E-state index is 13.3. The zero-order chi connectivity index (χ0) is 18.7. The highest BCUT2D eigenvalue weighted by Gasteiger charge is 2.23. The van der Waals surface area contributed by atoms with Gasteiger partial charge in [-0.25, -0.2) is 4.98 Å². The number of hydrogen-bond donors (Lipinski definition) is 1. The van der Waals surface area contributed by atoms with Gasteiger partial charge in [0.2, 0.25) is 5.91 Å². The second-order valence-corrected chi connectivity index (χ2v) is 8.50. The largest absolute Gasteiger partial charge is 0.376 e. The number of nitrogens with one attached hydrogen (secondary N) is 1. The topological polar surface area (TPSA) is 73.2 Å². The Morgan fingerprint density at radius 1 is 1.46 bits per heavy atom. The maximum atomic E-state index is 13.3. The quantitative estimate of drug-likeness (QED) is 0.576. The molecule has 0 aliphatic carbocycles. The summed E-state index contributed by atoms with van der Waals surface area (Å²) in [6, 6.07) is 0. The van der Waals surface area contributed by atoms with Gasteiger partial charge in [0.25, 0.3) is 5.56 Å². The predicted octanol–water partition coefficient (Wildman–Crippen LogP) is 2.74. The summed E-state index contributed by atoms with van der Waals surface area (Å²) in [5.41, 5.74) is 1.08. The van der Waals surface area contributed by atoms with E-state index in [0.717, 1.165) is 46.5 Å². The van der Waals surface area contributed by atoms with Crippen molar-refractivity contribution < 1.29 is 9.53 Å². The number of nitrogens with zero attached hydrogens (tertiary/aromatic N) is 2. The van der Waals surface area contributed by atoms with Crippen molar-refractivity contribution in [3.05, 3.63) is 20.8 Å². The van der Waals surface area contributed by atoms with Crippen LogP contribution in [0.2, 0.25) is 0 Å². The Kier molecular flexibility index (Phi) is 6.37. The first-order valence-electron chi connectivity index (χ1n) is 9.09. The van der Waals surface area contributed by atoms with Crippen LogP contribution in [0.15, 0.2) is 9.95 Å². The standard InChI is InChI=1S/C18H25N3O3S2/c1-4-13-11(3)26-16-15(13)17(23)21(9-12-7-6-8-24-12)18(20-16)25-10-14(22)19-5-2/h12H,4-10H2,1-3H3,(H,19,22)/t12-/m1/s1. The molecule has 142 valence electrons. The number of amides is 1. The summed E-state index contributed by atoms with van der Waals surface area (Å²) in [5, 5.41) is 4.12. The van der Waals surface area contributed by atoms with Crippen molar-refractivity contribution in [1.82, 2.24) is 14.9 Å². The number of carbonyl (C=O) groups excluding carboxylic acids is 1. The van der Waals surface area contributed by atoms with Crippen LogP contribution in [0.25, 0.3) is 10.2 Å². The molecule has 1 aliphatic heterocycles. The highest BCUT2D eigenvalue weighted by molar-refractivity contribution is 7.99. The molecular formula is C18H25N3O3S2. The van der Waals surface area contributed by atoms with E-state index in [1.54, 1.807) is 15.9 Å². The highest BCUT2D eigenvalue weighted by atomic mass is 32.2. The summed E-state index contributed by atoms with van der Waals surface area (Å²) in [5.74, 6) is 0.203. The van der Waals surface area contributed by atoms with E-state index >= 15 is 0 Å². The van der Waals surface area contributed by atoms with Crippen LogP contribution in [0.4, 0.5) is 0 Å². The minimum atomic E-state index is -0.0490. The number of fused-ring (bicyclic) bond motifs is 1. The molecule has 1 aliphatic rings. The molecule has 26 heavy (non-hydrogen) atoms. The van der Waals surface area contributed by atoms with Crippen molar-refractivity contribution in [2.24, 2.45) is 0 Å². The molecule has 1 saturated heterocycles. The third kappa shape index (κ3) is 3.97. The molecule has 2 aromatic rings. The molecule has 0 spiro atoms. The first-order chi connectivity index (χ1) is 12.5. The van der Waals surface area contributed by atoms with E-state index in [0.29, 0.717) is 18.2 Å². The third-order valence-corrected chi connectivity index (χ3v) is 6.57. The second kappa shape index (κ2) is 8.54. The predicted molar refractivity (Wildman–Crippen MR) is 106 cm³/mol. The summed E-state index contributed by atoms with van der Waals surface area (Å²) in [4.78, 5) is 31.8. The van der Waals surface area contributed by atoms with Gasteiger partial charge in [0, 0.05) is 18.0 Å². The fourth-order valence-corrected chi connectivity index (χ4v) is 5.29. The van der Waals surface area contributed by atoms with E-state index in [-0.39, 0.29) is 23.3 Å². The zero-order valence-corrected chi connectivity index (χ0v) is 17.1. The fourth-order valence-electron chi connectivity index (χ4n) is 3.30. The molecule has 0 aromatic carbocycles. The van der Waals surface area contributed by atoms with E-state index in [9.17, 15) is 9.59 Å². The van der Waals surface area contributed by atoms with Crippen LogP contribution in [0.5, 0.6) is 0 Å². The minimum absolute atomic E-state index is 0.00917. The lowest BCUT2D eigenvalue weighted by Gasteiger charge is -2.16. The van der Waals surface area contributed by atoms with Gasteiger partial charge in [0.05, 0.1) is 23.8 Å².